The van der Waals surface area contributed by atoms with Gasteiger partial charge in [-0.15, -0.1) is 24.0 Å². The Morgan fingerprint density at radius 2 is 2.09 bits per heavy atom. The molecule has 1 heterocycles. The number of nitrogens with zero attached hydrogens (tertiary/aromatic N) is 2. The average molecular weight is 438 g/mol. The van der Waals surface area contributed by atoms with Crippen molar-refractivity contribution in [3.8, 4) is 0 Å². The molecule has 0 bridgehead atoms. The number of guanidine groups is 1. The van der Waals surface area contributed by atoms with Crippen LogP contribution in [0, 0.1) is 5.41 Å². The second-order valence-electron chi connectivity index (χ2n) is 6.68. The zero-order valence-corrected chi connectivity index (χ0v) is 17.4. The molecule has 2 aliphatic rings. The van der Waals surface area contributed by atoms with E-state index in [0.717, 1.165) is 45.2 Å². The molecule has 2 rings (SSSR count). The molecule has 0 aromatic carbocycles. The van der Waals surface area contributed by atoms with Gasteiger partial charge in [-0.1, -0.05) is 6.92 Å². The molecule has 1 atom stereocenters. The van der Waals surface area contributed by atoms with Crippen molar-refractivity contribution in [1.82, 2.24) is 15.5 Å². The molecular weight excluding hydrogens is 403 g/mol. The molecule has 0 aromatic rings. The Bertz CT molecular complexity index is 361. The number of aliphatic imine (C=N–C) groups is 1. The molecule has 0 radical (unpaired) electrons. The van der Waals surface area contributed by atoms with Crippen molar-refractivity contribution in [2.75, 3.05) is 46.4 Å². The van der Waals surface area contributed by atoms with Crippen LogP contribution in [0.5, 0.6) is 0 Å². The molecule has 1 aliphatic carbocycles. The Morgan fingerprint density at radius 1 is 1.30 bits per heavy atom. The molecule has 1 saturated heterocycles. The molecule has 1 aliphatic heterocycles. The molecule has 0 aromatic heterocycles. The smallest absolute Gasteiger partial charge is 0.191 e. The zero-order valence-electron chi connectivity index (χ0n) is 15.1. The second-order valence-corrected chi connectivity index (χ2v) is 6.68. The van der Waals surface area contributed by atoms with Gasteiger partial charge in [0.1, 0.15) is 0 Å². The van der Waals surface area contributed by atoms with E-state index in [1.807, 2.05) is 7.05 Å². The summed E-state index contributed by atoms with van der Waals surface area (Å²) >= 11 is 0. The second kappa shape index (κ2) is 10.7. The minimum atomic E-state index is 0. The molecule has 1 unspecified atom stereocenters. The molecule has 2 N–H and O–H groups in total. The third-order valence-corrected chi connectivity index (χ3v) is 5.20. The van der Waals surface area contributed by atoms with Gasteiger partial charge in [0.05, 0.1) is 0 Å². The maximum Gasteiger partial charge on any atom is 0.191 e. The Hall–Kier alpha value is -0.0800. The Balaban J connectivity index is 0.00000264. The van der Waals surface area contributed by atoms with Crippen LogP contribution in [0.1, 0.15) is 46.0 Å². The van der Waals surface area contributed by atoms with Crippen LogP contribution in [0.25, 0.3) is 0 Å². The molecule has 23 heavy (non-hydrogen) atoms. The summed E-state index contributed by atoms with van der Waals surface area (Å²) in [6.07, 6.45) is 6.42. The van der Waals surface area contributed by atoms with Crippen molar-refractivity contribution >= 4 is 29.9 Å². The van der Waals surface area contributed by atoms with E-state index in [4.69, 9.17) is 4.74 Å². The van der Waals surface area contributed by atoms with E-state index in [-0.39, 0.29) is 24.0 Å². The Kier molecular flexibility index (Phi) is 9.77. The van der Waals surface area contributed by atoms with Gasteiger partial charge in [-0.25, -0.2) is 0 Å². The minimum absolute atomic E-state index is 0. The number of rotatable bonds is 9. The van der Waals surface area contributed by atoms with Gasteiger partial charge in [-0.05, 0) is 57.5 Å². The number of likely N-dealkylation sites (tertiary alicyclic amines) is 1. The number of likely N-dealkylation sites (N-methyl/N-ethyl adjacent to an activating group) is 1. The van der Waals surface area contributed by atoms with E-state index < -0.39 is 0 Å². The summed E-state index contributed by atoms with van der Waals surface area (Å²) in [4.78, 5) is 6.93. The molecule has 2 fully saturated rings. The van der Waals surface area contributed by atoms with Crippen LogP contribution in [0.15, 0.2) is 4.99 Å². The fourth-order valence-corrected chi connectivity index (χ4v) is 3.37. The molecule has 136 valence electrons. The first-order valence-corrected chi connectivity index (χ1v) is 8.99. The van der Waals surface area contributed by atoms with E-state index in [2.05, 4.69) is 34.4 Å². The highest BCUT2D eigenvalue weighted by Crippen LogP contribution is 2.48. The summed E-state index contributed by atoms with van der Waals surface area (Å²) in [7, 11) is 1.86. The van der Waals surface area contributed by atoms with Gasteiger partial charge in [0.15, 0.2) is 5.96 Å². The largest absolute Gasteiger partial charge is 0.382 e. The van der Waals surface area contributed by atoms with Crippen molar-refractivity contribution in [3.05, 3.63) is 0 Å². The minimum Gasteiger partial charge on any atom is -0.382 e. The first-order chi connectivity index (χ1) is 10.7. The number of nitrogens with one attached hydrogen (secondary N) is 2. The maximum absolute atomic E-state index is 5.50. The normalized spacial score (nSPS) is 23.4. The van der Waals surface area contributed by atoms with E-state index >= 15 is 0 Å². The van der Waals surface area contributed by atoms with Crippen molar-refractivity contribution in [3.63, 3.8) is 0 Å². The number of hydrogen-bond donors (Lipinski definition) is 2. The van der Waals surface area contributed by atoms with Gasteiger partial charge in [0.25, 0.3) is 0 Å². The first-order valence-electron chi connectivity index (χ1n) is 8.99. The predicted octanol–water partition coefficient (Wildman–Crippen LogP) is 2.46. The highest BCUT2D eigenvalue weighted by atomic mass is 127. The summed E-state index contributed by atoms with van der Waals surface area (Å²) < 4.78 is 5.50. The molecule has 6 heteroatoms. The monoisotopic (exact) mass is 438 g/mol. The Labute approximate surface area is 159 Å². The number of hydrogen-bond acceptors (Lipinski definition) is 3. The van der Waals surface area contributed by atoms with E-state index in [0.29, 0.717) is 11.5 Å². The van der Waals surface area contributed by atoms with Crippen molar-refractivity contribution < 1.29 is 4.74 Å². The van der Waals surface area contributed by atoms with Crippen LogP contribution in [0.2, 0.25) is 0 Å². The predicted molar refractivity (Wildman–Crippen MR) is 108 cm³/mol. The third-order valence-electron chi connectivity index (χ3n) is 5.20. The molecule has 1 saturated carbocycles. The lowest BCUT2D eigenvalue weighted by Gasteiger charge is -2.24. The highest BCUT2D eigenvalue weighted by Gasteiger charge is 2.42. The topological polar surface area (TPSA) is 48.9 Å². The van der Waals surface area contributed by atoms with Crippen molar-refractivity contribution in [1.29, 1.82) is 0 Å². The number of ether oxygens (including phenoxy) is 1. The summed E-state index contributed by atoms with van der Waals surface area (Å²) in [6.45, 7) is 10.4. The van der Waals surface area contributed by atoms with Crippen LogP contribution in [0.4, 0.5) is 0 Å². The zero-order chi connectivity index (χ0) is 15.8. The third kappa shape index (κ3) is 6.74. The summed E-state index contributed by atoms with van der Waals surface area (Å²) in [5.41, 5.74) is 0.454. The summed E-state index contributed by atoms with van der Waals surface area (Å²) in [5.74, 6) is 0.950. The standard InChI is InChI=1S/C17H34N4O.HI/c1-4-21-11-6-7-15(21)13-19-16(18-3)20-14-17(8-9-17)10-12-22-5-2;/h15H,4-14H2,1-3H3,(H2,18,19,20);1H. The lowest BCUT2D eigenvalue weighted by molar-refractivity contribution is 0.128. The van der Waals surface area contributed by atoms with Crippen LogP contribution in [0.3, 0.4) is 0 Å². The quantitative estimate of drug-likeness (QED) is 0.251. The highest BCUT2D eigenvalue weighted by molar-refractivity contribution is 14.0. The molecule has 0 spiro atoms. The van der Waals surface area contributed by atoms with Gasteiger partial charge in [-0.2, -0.15) is 0 Å². The van der Waals surface area contributed by atoms with E-state index in [9.17, 15) is 0 Å². The number of halogens is 1. The molecular formula is C17H35IN4O. The summed E-state index contributed by atoms with van der Waals surface area (Å²) in [6, 6.07) is 0.663. The van der Waals surface area contributed by atoms with Gasteiger partial charge in [-0.3, -0.25) is 9.89 Å². The van der Waals surface area contributed by atoms with Gasteiger partial charge >= 0.3 is 0 Å². The van der Waals surface area contributed by atoms with Crippen LogP contribution in [-0.2, 0) is 4.74 Å². The van der Waals surface area contributed by atoms with Crippen LogP contribution < -0.4 is 10.6 Å². The van der Waals surface area contributed by atoms with Crippen molar-refractivity contribution in [2.45, 2.75) is 52.0 Å². The first kappa shape index (κ1) is 21.0. The van der Waals surface area contributed by atoms with Gasteiger partial charge < -0.3 is 15.4 Å². The Morgan fingerprint density at radius 3 is 2.70 bits per heavy atom. The SMILES string of the molecule is CCOCCC1(CNC(=NC)NCC2CCCN2CC)CC1.I. The van der Waals surface area contributed by atoms with E-state index in [1.165, 1.54) is 32.2 Å². The van der Waals surface area contributed by atoms with Crippen LogP contribution in [-0.4, -0.2) is 63.3 Å². The lowest BCUT2D eigenvalue weighted by atomic mass is 10.0. The fourth-order valence-electron chi connectivity index (χ4n) is 3.37. The molecule has 0 amide bonds. The van der Waals surface area contributed by atoms with Gasteiger partial charge in [0.2, 0.25) is 0 Å². The molecule has 5 nitrogen and oxygen atoms in total. The maximum atomic E-state index is 5.50. The average Bonchev–Trinajstić information content (AvgIpc) is 3.15. The van der Waals surface area contributed by atoms with Gasteiger partial charge in [0, 0.05) is 39.4 Å². The van der Waals surface area contributed by atoms with Crippen molar-refractivity contribution in [2.24, 2.45) is 10.4 Å². The van der Waals surface area contributed by atoms with E-state index in [1.54, 1.807) is 0 Å². The summed E-state index contributed by atoms with van der Waals surface area (Å²) in [5, 5.41) is 7.03. The fraction of sp³-hybridized carbons (Fsp3) is 0.941. The van der Waals surface area contributed by atoms with Crippen LogP contribution >= 0.6 is 24.0 Å². The lowest BCUT2D eigenvalue weighted by Crippen LogP contribution is -2.46.